The summed E-state index contributed by atoms with van der Waals surface area (Å²) >= 11 is 0. The third kappa shape index (κ3) is 4.91. The topological polar surface area (TPSA) is 134 Å². The number of aryl methyl sites for hydroxylation is 1. The molecule has 10 nitrogen and oxygen atoms in total. The van der Waals surface area contributed by atoms with E-state index in [1.54, 1.807) is 12.5 Å². The van der Waals surface area contributed by atoms with Crippen LogP contribution in [0.3, 0.4) is 0 Å². The van der Waals surface area contributed by atoms with E-state index in [0.717, 1.165) is 42.0 Å². The van der Waals surface area contributed by atoms with Crippen molar-refractivity contribution in [1.29, 1.82) is 0 Å². The Morgan fingerprint density at radius 3 is 2.63 bits per heavy atom. The maximum Gasteiger partial charge on any atom is 0.190 e. The van der Waals surface area contributed by atoms with Gasteiger partial charge in [-0.25, -0.2) is 23.7 Å². The Balaban J connectivity index is 1.44. The second-order valence-corrected chi connectivity index (χ2v) is 10.3. The van der Waals surface area contributed by atoms with Crippen LogP contribution in [0.4, 0.5) is 20.3 Å². The highest BCUT2D eigenvalue weighted by Crippen LogP contribution is 2.35. The van der Waals surface area contributed by atoms with Gasteiger partial charge in [-0.15, -0.1) is 0 Å². The fourth-order valence-corrected chi connectivity index (χ4v) is 5.48. The predicted molar refractivity (Wildman–Crippen MR) is 151 cm³/mol. The van der Waals surface area contributed by atoms with Gasteiger partial charge in [-0.3, -0.25) is 9.97 Å². The molecule has 0 aliphatic carbocycles. The van der Waals surface area contributed by atoms with Crippen LogP contribution in [0.2, 0.25) is 0 Å². The van der Waals surface area contributed by atoms with Gasteiger partial charge in [-0.2, -0.15) is 0 Å². The van der Waals surface area contributed by atoms with Crippen molar-refractivity contribution in [3.05, 3.63) is 83.8 Å². The summed E-state index contributed by atoms with van der Waals surface area (Å²) < 4.78 is 35.9. The third-order valence-corrected chi connectivity index (χ3v) is 7.50. The van der Waals surface area contributed by atoms with Gasteiger partial charge < -0.3 is 25.7 Å². The number of rotatable bonds is 6. The van der Waals surface area contributed by atoms with Gasteiger partial charge in [0.2, 0.25) is 0 Å². The zero-order valence-electron chi connectivity index (χ0n) is 22.7. The Labute approximate surface area is 235 Å². The van der Waals surface area contributed by atoms with Crippen molar-refractivity contribution < 1.29 is 13.5 Å². The number of methoxy groups -OCH3 is 1. The van der Waals surface area contributed by atoms with E-state index in [1.165, 1.54) is 25.6 Å². The molecular weight excluding hydrogens is 528 g/mol. The van der Waals surface area contributed by atoms with E-state index in [4.69, 9.17) is 21.2 Å². The molecule has 1 aromatic carbocycles. The molecule has 0 bridgehead atoms. The van der Waals surface area contributed by atoms with Crippen LogP contribution in [-0.2, 0) is 12.1 Å². The molecule has 0 unspecified atom stereocenters. The van der Waals surface area contributed by atoms with Gasteiger partial charge in [0.25, 0.3) is 0 Å². The number of nitrogen functional groups attached to an aromatic ring is 1. The number of nitrogens with zero attached hydrogens (tertiary/aromatic N) is 7. The summed E-state index contributed by atoms with van der Waals surface area (Å²) in [5.41, 5.74) is 17.5. The van der Waals surface area contributed by atoms with Gasteiger partial charge in [-0.05, 0) is 55.7 Å². The van der Waals surface area contributed by atoms with Crippen LogP contribution in [-0.4, -0.2) is 49.7 Å². The van der Waals surface area contributed by atoms with E-state index in [2.05, 4.69) is 24.8 Å². The molecule has 1 fully saturated rings. The van der Waals surface area contributed by atoms with Crippen LogP contribution in [0.1, 0.15) is 29.8 Å². The van der Waals surface area contributed by atoms with Gasteiger partial charge in [-0.1, -0.05) is 6.07 Å². The molecule has 0 amide bonds. The average molecular weight is 558 g/mol. The SMILES string of the molecule is COc1c(F)cc(-c2cc(Cn3cnc4c(N)ncnc43)c(N3CCC[C@](N)(c4cccc(C)n4)C3)cn2)cc1F. The summed E-state index contributed by atoms with van der Waals surface area (Å²) in [5, 5.41) is 0. The van der Waals surface area contributed by atoms with Crippen LogP contribution in [0, 0.1) is 18.6 Å². The number of hydrogen-bond donors (Lipinski definition) is 2. The Bertz CT molecular complexity index is 1740. The summed E-state index contributed by atoms with van der Waals surface area (Å²) in [6.45, 7) is 3.56. The number of benzene rings is 1. The lowest BCUT2D eigenvalue weighted by Gasteiger charge is -2.41. The summed E-state index contributed by atoms with van der Waals surface area (Å²) in [6.07, 6.45) is 6.39. The number of hydrogen-bond acceptors (Lipinski definition) is 9. The van der Waals surface area contributed by atoms with Crippen molar-refractivity contribution in [2.45, 2.75) is 31.8 Å². The number of aromatic nitrogens is 6. The Morgan fingerprint density at radius 2 is 1.88 bits per heavy atom. The maximum absolute atomic E-state index is 14.6. The van der Waals surface area contributed by atoms with Crippen molar-refractivity contribution >= 4 is 22.7 Å². The lowest BCUT2D eigenvalue weighted by atomic mass is 9.86. The summed E-state index contributed by atoms with van der Waals surface area (Å²) in [6, 6.07) is 10.1. The second-order valence-electron chi connectivity index (χ2n) is 10.3. The maximum atomic E-state index is 14.6. The first-order chi connectivity index (χ1) is 19.8. The number of pyridine rings is 2. The number of anilines is 2. The molecule has 0 radical (unpaired) electrons. The average Bonchev–Trinajstić information content (AvgIpc) is 3.37. The fourth-order valence-electron chi connectivity index (χ4n) is 5.48. The molecule has 1 atom stereocenters. The monoisotopic (exact) mass is 557 g/mol. The van der Waals surface area contributed by atoms with E-state index in [9.17, 15) is 8.78 Å². The number of ether oxygens (including phenoxy) is 1. The van der Waals surface area contributed by atoms with Gasteiger partial charge in [0, 0.05) is 24.3 Å². The second kappa shape index (κ2) is 10.4. The highest BCUT2D eigenvalue weighted by molar-refractivity contribution is 5.81. The zero-order chi connectivity index (χ0) is 28.7. The minimum Gasteiger partial charge on any atom is -0.491 e. The van der Waals surface area contributed by atoms with Crippen LogP contribution >= 0.6 is 0 Å². The molecule has 5 aromatic rings. The smallest absolute Gasteiger partial charge is 0.190 e. The van der Waals surface area contributed by atoms with Crippen molar-refractivity contribution in [2.75, 3.05) is 30.8 Å². The number of halogens is 2. The summed E-state index contributed by atoms with van der Waals surface area (Å²) in [4.78, 5) is 24.3. The number of piperidine rings is 1. The number of imidazole rings is 1. The van der Waals surface area contributed by atoms with Crippen LogP contribution in [0.25, 0.3) is 22.4 Å². The molecule has 210 valence electrons. The fraction of sp³-hybridized carbons (Fsp3) is 0.276. The third-order valence-electron chi connectivity index (χ3n) is 7.50. The van der Waals surface area contributed by atoms with Crippen LogP contribution in [0.5, 0.6) is 5.75 Å². The standard InChI is InChI=1S/C29H29F2N9O/c1-17-5-3-6-24(38-17)29(33)7-4-8-39(14-29)23-12-34-22(18-9-20(30)26(41-2)21(31)10-18)11-19(23)13-40-16-37-25-27(32)35-15-36-28(25)40/h3,5-6,9-12,15-16H,4,7-8,13-14,33H2,1-2H3,(H2,32,35,36)/t29-/m1/s1. The lowest BCUT2D eigenvalue weighted by Crippen LogP contribution is -2.52. The largest absolute Gasteiger partial charge is 0.491 e. The Kier molecular flexibility index (Phi) is 6.70. The molecule has 5 heterocycles. The first-order valence-electron chi connectivity index (χ1n) is 13.2. The van der Waals surface area contributed by atoms with Gasteiger partial charge in [0.15, 0.2) is 28.8 Å². The van der Waals surface area contributed by atoms with E-state index in [1.807, 2.05) is 35.8 Å². The molecule has 1 aliphatic heterocycles. The number of nitrogens with two attached hydrogens (primary N) is 2. The van der Waals surface area contributed by atoms with Crippen LogP contribution < -0.4 is 21.1 Å². The molecular formula is C29H29F2N9O. The minimum absolute atomic E-state index is 0.281. The molecule has 4 N–H and O–H groups in total. The summed E-state index contributed by atoms with van der Waals surface area (Å²) in [5.74, 6) is -1.78. The van der Waals surface area contributed by atoms with Crippen molar-refractivity contribution in [1.82, 2.24) is 29.5 Å². The molecule has 0 saturated carbocycles. The molecule has 1 aliphatic rings. The van der Waals surface area contributed by atoms with E-state index in [0.29, 0.717) is 29.9 Å². The summed E-state index contributed by atoms with van der Waals surface area (Å²) in [7, 11) is 1.22. The Morgan fingerprint density at radius 1 is 1.07 bits per heavy atom. The normalized spacial score (nSPS) is 17.2. The van der Waals surface area contributed by atoms with E-state index < -0.39 is 22.9 Å². The minimum atomic E-state index is -0.808. The molecule has 1 saturated heterocycles. The Hall–Kier alpha value is -4.71. The van der Waals surface area contributed by atoms with Crippen molar-refractivity contribution in [3.63, 3.8) is 0 Å². The van der Waals surface area contributed by atoms with Crippen molar-refractivity contribution in [3.8, 4) is 17.0 Å². The first-order valence-corrected chi connectivity index (χ1v) is 13.2. The van der Waals surface area contributed by atoms with Crippen LogP contribution in [0.15, 0.2) is 55.2 Å². The lowest BCUT2D eigenvalue weighted by molar-refractivity contribution is 0.344. The quantitative estimate of drug-likeness (QED) is 0.318. The van der Waals surface area contributed by atoms with Gasteiger partial charge in [0.1, 0.15) is 11.8 Å². The van der Waals surface area contributed by atoms with E-state index >= 15 is 0 Å². The molecule has 41 heavy (non-hydrogen) atoms. The molecule has 6 rings (SSSR count). The highest BCUT2D eigenvalue weighted by Gasteiger charge is 2.35. The molecule has 4 aromatic heterocycles. The van der Waals surface area contributed by atoms with Gasteiger partial charge in [0.05, 0.1) is 48.8 Å². The first kappa shape index (κ1) is 26.5. The highest BCUT2D eigenvalue weighted by atomic mass is 19.1. The van der Waals surface area contributed by atoms with Gasteiger partial charge >= 0.3 is 0 Å². The van der Waals surface area contributed by atoms with E-state index in [-0.39, 0.29) is 11.4 Å². The molecule has 0 spiro atoms. The van der Waals surface area contributed by atoms with Crippen molar-refractivity contribution in [2.24, 2.45) is 5.73 Å². The number of fused-ring (bicyclic) bond motifs is 1. The predicted octanol–water partition coefficient (Wildman–Crippen LogP) is 3.96. The molecule has 12 heteroatoms. The zero-order valence-corrected chi connectivity index (χ0v) is 22.7.